The summed E-state index contributed by atoms with van der Waals surface area (Å²) in [6, 6.07) is 22.3. The van der Waals surface area contributed by atoms with Crippen LogP contribution in [0.15, 0.2) is 78.4 Å². The number of benzene rings is 3. The third kappa shape index (κ3) is 6.02. The fourth-order valence-corrected chi connectivity index (χ4v) is 2.74. The van der Waals surface area contributed by atoms with Gasteiger partial charge in [0.1, 0.15) is 24.0 Å². The maximum Gasteiger partial charge on any atom is 0.269 e. The summed E-state index contributed by atoms with van der Waals surface area (Å²) in [6.45, 7) is 2.13. The lowest BCUT2D eigenvalue weighted by Gasteiger charge is -2.07. The number of hydrogen-bond acceptors (Lipinski definition) is 5. The maximum atomic E-state index is 12.4. The van der Waals surface area contributed by atoms with E-state index in [9.17, 15) is 20.2 Å². The molecule has 3 aromatic rings. The third-order valence-electron chi connectivity index (χ3n) is 4.39. The fraction of sp³-hybridized carbons (Fsp3) is 0.0833. The van der Waals surface area contributed by atoms with E-state index in [1.807, 2.05) is 25.1 Å². The molecule has 0 saturated heterocycles. The highest BCUT2D eigenvalue weighted by Crippen LogP contribution is 2.19. The van der Waals surface area contributed by atoms with E-state index < -0.39 is 10.8 Å². The molecule has 0 heterocycles. The summed E-state index contributed by atoms with van der Waals surface area (Å²) in [4.78, 5) is 22.8. The number of nitrogens with zero attached hydrogens (tertiary/aromatic N) is 2. The standard InChI is InChI=1S/C24H19N3O4/c1-17-5-9-21(10-6-17)26-24(28)20(15-25)13-18-7-11-23(12-8-18)31-16-19-3-2-4-22(14-19)27(29)30/h2-14H,16H2,1H3,(H,26,28)/b20-13+. The first-order chi connectivity index (χ1) is 14.9. The van der Waals surface area contributed by atoms with Gasteiger partial charge in [0.15, 0.2) is 0 Å². The maximum absolute atomic E-state index is 12.4. The number of carbonyl (C=O) groups is 1. The van der Waals surface area contributed by atoms with E-state index in [-0.39, 0.29) is 17.9 Å². The molecule has 1 N–H and O–H groups in total. The van der Waals surface area contributed by atoms with Crippen molar-refractivity contribution < 1.29 is 14.5 Å². The highest BCUT2D eigenvalue weighted by atomic mass is 16.6. The van der Waals surface area contributed by atoms with Gasteiger partial charge in [-0.25, -0.2) is 0 Å². The van der Waals surface area contributed by atoms with Crippen LogP contribution in [0.4, 0.5) is 11.4 Å². The Balaban J connectivity index is 1.64. The molecule has 3 rings (SSSR count). The van der Waals surface area contributed by atoms with Crippen LogP contribution in [-0.4, -0.2) is 10.8 Å². The van der Waals surface area contributed by atoms with E-state index in [4.69, 9.17) is 4.74 Å². The zero-order chi connectivity index (χ0) is 22.2. The molecule has 0 aromatic heterocycles. The number of rotatable bonds is 7. The number of ether oxygens (including phenoxy) is 1. The normalized spacial score (nSPS) is 10.8. The summed E-state index contributed by atoms with van der Waals surface area (Å²) in [6.07, 6.45) is 1.49. The first-order valence-corrected chi connectivity index (χ1v) is 9.40. The molecule has 1 amide bonds. The zero-order valence-electron chi connectivity index (χ0n) is 16.7. The molecule has 0 saturated carbocycles. The number of anilines is 1. The van der Waals surface area contributed by atoms with Gasteiger partial charge in [0.25, 0.3) is 11.6 Å². The minimum Gasteiger partial charge on any atom is -0.489 e. The van der Waals surface area contributed by atoms with Crippen molar-refractivity contribution in [1.29, 1.82) is 5.26 Å². The van der Waals surface area contributed by atoms with Crippen LogP contribution in [0.25, 0.3) is 6.08 Å². The molecule has 0 aliphatic carbocycles. The Bertz CT molecular complexity index is 1160. The van der Waals surface area contributed by atoms with E-state index in [0.717, 1.165) is 5.56 Å². The van der Waals surface area contributed by atoms with Crippen molar-refractivity contribution in [2.24, 2.45) is 0 Å². The van der Waals surface area contributed by atoms with Crippen LogP contribution in [0.5, 0.6) is 5.75 Å². The molecular weight excluding hydrogens is 394 g/mol. The van der Waals surface area contributed by atoms with Gasteiger partial charge in [-0.05, 0) is 48.4 Å². The summed E-state index contributed by atoms with van der Waals surface area (Å²) >= 11 is 0. The molecule has 0 aliphatic rings. The number of nitro groups is 1. The number of nitriles is 1. The molecule has 7 heteroatoms. The Labute approximate surface area is 179 Å². The lowest BCUT2D eigenvalue weighted by molar-refractivity contribution is -0.384. The molecule has 0 unspecified atom stereocenters. The van der Waals surface area contributed by atoms with E-state index >= 15 is 0 Å². The van der Waals surface area contributed by atoms with Crippen molar-refractivity contribution in [2.75, 3.05) is 5.32 Å². The molecule has 3 aromatic carbocycles. The molecule has 154 valence electrons. The molecule has 0 fully saturated rings. The van der Waals surface area contributed by atoms with Gasteiger partial charge in [-0.3, -0.25) is 14.9 Å². The van der Waals surface area contributed by atoms with Gasteiger partial charge in [-0.1, -0.05) is 42.0 Å². The summed E-state index contributed by atoms with van der Waals surface area (Å²) < 4.78 is 5.66. The molecule has 7 nitrogen and oxygen atoms in total. The van der Waals surface area contributed by atoms with E-state index in [1.54, 1.807) is 48.5 Å². The van der Waals surface area contributed by atoms with Crippen molar-refractivity contribution in [3.8, 4) is 11.8 Å². The van der Waals surface area contributed by atoms with Crippen LogP contribution in [0.3, 0.4) is 0 Å². The van der Waals surface area contributed by atoms with Crippen molar-refractivity contribution in [3.05, 3.63) is 105 Å². The Morgan fingerprint density at radius 2 is 1.84 bits per heavy atom. The Hall–Kier alpha value is -4.44. The predicted octanol–water partition coefficient (Wildman–Crippen LogP) is 5.03. The number of carbonyl (C=O) groups excluding carboxylic acids is 1. The second-order valence-corrected chi connectivity index (χ2v) is 6.77. The first kappa shape index (κ1) is 21.3. The zero-order valence-corrected chi connectivity index (χ0v) is 16.7. The van der Waals surface area contributed by atoms with Gasteiger partial charge in [0, 0.05) is 17.8 Å². The van der Waals surface area contributed by atoms with Crippen LogP contribution in [0.2, 0.25) is 0 Å². The van der Waals surface area contributed by atoms with Crippen LogP contribution < -0.4 is 10.1 Å². The van der Waals surface area contributed by atoms with Crippen LogP contribution in [0, 0.1) is 28.4 Å². The second kappa shape index (κ2) is 9.85. The molecule has 31 heavy (non-hydrogen) atoms. The fourth-order valence-electron chi connectivity index (χ4n) is 2.74. The summed E-state index contributed by atoms with van der Waals surface area (Å²) in [5.41, 5.74) is 3.01. The smallest absolute Gasteiger partial charge is 0.269 e. The molecular formula is C24H19N3O4. The Kier molecular flexibility index (Phi) is 6.76. The van der Waals surface area contributed by atoms with Gasteiger partial charge >= 0.3 is 0 Å². The monoisotopic (exact) mass is 413 g/mol. The lowest BCUT2D eigenvalue weighted by atomic mass is 10.1. The molecule has 0 atom stereocenters. The molecule has 0 aliphatic heterocycles. The van der Waals surface area contributed by atoms with Gasteiger partial charge in [0.2, 0.25) is 0 Å². The van der Waals surface area contributed by atoms with E-state index in [0.29, 0.717) is 22.6 Å². The Morgan fingerprint density at radius 1 is 1.13 bits per heavy atom. The number of aryl methyl sites for hydroxylation is 1. The lowest BCUT2D eigenvalue weighted by Crippen LogP contribution is -2.13. The molecule has 0 spiro atoms. The first-order valence-electron chi connectivity index (χ1n) is 9.40. The summed E-state index contributed by atoms with van der Waals surface area (Å²) in [7, 11) is 0. The largest absolute Gasteiger partial charge is 0.489 e. The average Bonchev–Trinajstić information content (AvgIpc) is 2.78. The average molecular weight is 413 g/mol. The topological polar surface area (TPSA) is 105 Å². The number of nitro benzene ring substituents is 1. The highest BCUT2D eigenvalue weighted by molar-refractivity contribution is 6.09. The third-order valence-corrected chi connectivity index (χ3v) is 4.39. The number of hydrogen-bond donors (Lipinski definition) is 1. The number of nitrogens with one attached hydrogen (secondary N) is 1. The molecule has 0 radical (unpaired) electrons. The summed E-state index contributed by atoms with van der Waals surface area (Å²) in [5, 5.41) is 22.9. The summed E-state index contributed by atoms with van der Waals surface area (Å²) in [5.74, 6) is 0.0728. The van der Waals surface area contributed by atoms with Gasteiger partial charge in [-0.15, -0.1) is 0 Å². The van der Waals surface area contributed by atoms with Crippen molar-refractivity contribution in [3.63, 3.8) is 0 Å². The van der Waals surface area contributed by atoms with Crippen molar-refractivity contribution in [2.45, 2.75) is 13.5 Å². The van der Waals surface area contributed by atoms with E-state index in [1.165, 1.54) is 18.2 Å². The van der Waals surface area contributed by atoms with Crippen molar-refractivity contribution >= 4 is 23.4 Å². The molecule has 0 bridgehead atoms. The van der Waals surface area contributed by atoms with Gasteiger partial charge < -0.3 is 10.1 Å². The second-order valence-electron chi connectivity index (χ2n) is 6.77. The minimum atomic E-state index is -0.489. The quantitative estimate of drug-likeness (QED) is 0.253. The van der Waals surface area contributed by atoms with Crippen LogP contribution in [0.1, 0.15) is 16.7 Å². The Morgan fingerprint density at radius 3 is 2.48 bits per heavy atom. The highest BCUT2D eigenvalue weighted by Gasteiger charge is 2.10. The number of amides is 1. The van der Waals surface area contributed by atoms with Crippen molar-refractivity contribution in [1.82, 2.24) is 0 Å². The van der Waals surface area contributed by atoms with Crippen LogP contribution in [-0.2, 0) is 11.4 Å². The predicted molar refractivity (Wildman–Crippen MR) is 117 cm³/mol. The number of non-ortho nitro benzene ring substituents is 1. The van der Waals surface area contributed by atoms with E-state index in [2.05, 4.69) is 5.32 Å². The van der Waals surface area contributed by atoms with Crippen LogP contribution >= 0.6 is 0 Å². The minimum absolute atomic E-state index is 0.00883. The SMILES string of the molecule is Cc1ccc(NC(=O)/C(C#N)=C/c2ccc(OCc3cccc([N+](=O)[O-])c3)cc2)cc1. The van der Waals surface area contributed by atoms with Gasteiger partial charge in [0.05, 0.1) is 4.92 Å². The van der Waals surface area contributed by atoms with Gasteiger partial charge in [-0.2, -0.15) is 5.26 Å².